The number of nitrogens with one attached hydrogen (secondary N) is 1. The van der Waals surface area contributed by atoms with Gasteiger partial charge in [-0.2, -0.15) is 4.98 Å². The maximum Gasteiger partial charge on any atom is 0.322 e. The van der Waals surface area contributed by atoms with Gasteiger partial charge in [0.15, 0.2) is 0 Å². The van der Waals surface area contributed by atoms with E-state index in [0.717, 1.165) is 48.1 Å². The molecule has 172 valence electrons. The SMILES string of the molecule is CCCCCN1C(=O)NC(c2ccc(C)cc2)C(c2nc(-c3ccc(CC)cc3)no2)=C1C. The van der Waals surface area contributed by atoms with Crippen LogP contribution in [0.4, 0.5) is 4.79 Å². The van der Waals surface area contributed by atoms with Gasteiger partial charge in [-0.15, -0.1) is 0 Å². The highest BCUT2D eigenvalue weighted by atomic mass is 16.5. The minimum Gasteiger partial charge on any atom is -0.334 e. The highest BCUT2D eigenvalue weighted by Gasteiger charge is 2.35. The summed E-state index contributed by atoms with van der Waals surface area (Å²) in [5, 5.41) is 7.44. The number of hydrogen-bond acceptors (Lipinski definition) is 4. The molecule has 0 bridgehead atoms. The maximum atomic E-state index is 13.0. The molecule has 1 atom stereocenters. The number of carbonyl (C=O) groups excluding carboxylic acids is 1. The molecule has 0 saturated heterocycles. The highest BCUT2D eigenvalue weighted by molar-refractivity contribution is 5.86. The number of nitrogens with zero attached hydrogens (tertiary/aromatic N) is 3. The quantitative estimate of drug-likeness (QED) is 0.414. The number of allylic oxidation sites excluding steroid dienone is 1. The van der Waals surface area contributed by atoms with Crippen LogP contribution in [0, 0.1) is 6.92 Å². The number of urea groups is 1. The molecule has 33 heavy (non-hydrogen) atoms. The smallest absolute Gasteiger partial charge is 0.322 e. The van der Waals surface area contributed by atoms with Crippen molar-refractivity contribution in [2.45, 2.75) is 59.4 Å². The number of hydrogen-bond donors (Lipinski definition) is 1. The summed E-state index contributed by atoms with van der Waals surface area (Å²) in [6, 6.07) is 16.0. The van der Waals surface area contributed by atoms with Crippen LogP contribution >= 0.6 is 0 Å². The summed E-state index contributed by atoms with van der Waals surface area (Å²) < 4.78 is 5.77. The Balaban J connectivity index is 1.74. The van der Waals surface area contributed by atoms with Crippen LogP contribution in [0.3, 0.4) is 0 Å². The monoisotopic (exact) mass is 444 g/mol. The lowest BCUT2D eigenvalue weighted by Crippen LogP contribution is -2.46. The van der Waals surface area contributed by atoms with Crippen molar-refractivity contribution in [1.29, 1.82) is 0 Å². The summed E-state index contributed by atoms with van der Waals surface area (Å²) in [6.45, 7) is 8.97. The Hall–Kier alpha value is -3.41. The van der Waals surface area contributed by atoms with E-state index in [-0.39, 0.29) is 12.1 Å². The molecule has 1 aliphatic heterocycles. The van der Waals surface area contributed by atoms with Gasteiger partial charge >= 0.3 is 6.03 Å². The van der Waals surface area contributed by atoms with Crippen LogP contribution in [0.2, 0.25) is 0 Å². The number of amides is 2. The van der Waals surface area contributed by atoms with E-state index in [9.17, 15) is 4.79 Å². The largest absolute Gasteiger partial charge is 0.334 e. The average molecular weight is 445 g/mol. The summed E-state index contributed by atoms with van der Waals surface area (Å²) in [6.07, 6.45) is 4.10. The predicted molar refractivity (Wildman–Crippen MR) is 130 cm³/mol. The average Bonchev–Trinajstić information content (AvgIpc) is 3.31. The van der Waals surface area contributed by atoms with E-state index in [2.05, 4.69) is 55.5 Å². The van der Waals surface area contributed by atoms with Gasteiger partial charge in [0.05, 0.1) is 11.6 Å². The first-order valence-corrected chi connectivity index (χ1v) is 11.8. The summed E-state index contributed by atoms with van der Waals surface area (Å²) in [7, 11) is 0. The maximum absolute atomic E-state index is 13.0. The van der Waals surface area contributed by atoms with Crippen molar-refractivity contribution in [2.75, 3.05) is 6.54 Å². The fourth-order valence-electron chi connectivity index (χ4n) is 4.20. The van der Waals surface area contributed by atoms with Gasteiger partial charge in [0.1, 0.15) is 0 Å². The van der Waals surface area contributed by atoms with E-state index in [4.69, 9.17) is 9.51 Å². The Kier molecular flexibility index (Phi) is 6.92. The second-order valence-electron chi connectivity index (χ2n) is 8.62. The first-order chi connectivity index (χ1) is 16.0. The molecule has 1 unspecified atom stereocenters. The van der Waals surface area contributed by atoms with Crippen molar-refractivity contribution in [3.8, 4) is 11.4 Å². The molecule has 0 aliphatic carbocycles. The third kappa shape index (κ3) is 4.85. The second kappa shape index (κ2) is 10.0. The topological polar surface area (TPSA) is 71.3 Å². The van der Waals surface area contributed by atoms with E-state index in [1.807, 2.05) is 31.2 Å². The lowest BCUT2D eigenvalue weighted by molar-refractivity contribution is 0.204. The number of carbonyl (C=O) groups is 1. The summed E-state index contributed by atoms with van der Waals surface area (Å²) in [4.78, 5) is 19.6. The van der Waals surface area contributed by atoms with Crippen LogP contribution in [0.5, 0.6) is 0 Å². The summed E-state index contributed by atoms with van der Waals surface area (Å²) in [5.41, 5.74) is 6.03. The molecule has 0 fully saturated rings. The van der Waals surface area contributed by atoms with Gasteiger partial charge in [-0.05, 0) is 37.8 Å². The first-order valence-electron chi connectivity index (χ1n) is 11.8. The lowest BCUT2D eigenvalue weighted by Gasteiger charge is -2.35. The van der Waals surface area contributed by atoms with E-state index in [1.54, 1.807) is 4.90 Å². The van der Waals surface area contributed by atoms with E-state index in [0.29, 0.717) is 18.3 Å². The van der Waals surface area contributed by atoms with Crippen molar-refractivity contribution in [2.24, 2.45) is 0 Å². The Morgan fingerprint density at radius 3 is 2.39 bits per heavy atom. The molecule has 3 aromatic rings. The van der Waals surface area contributed by atoms with Crippen LogP contribution in [0.15, 0.2) is 58.8 Å². The molecule has 1 aliphatic rings. The molecular weight excluding hydrogens is 412 g/mol. The van der Waals surface area contributed by atoms with Gasteiger partial charge in [0, 0.05) is 17.8 Å². The molecule has 1 aromatic heterocycles. The molecular formula is C27H32N4O2. The normalized spacial score (nSPS) is 16.3. The molecule has 2 heterocycles. The molecule has 4 rings (SSSR count). The summed E-state index contributed by atoms with van der Waals surface area (Å²) >= 11 is 0. The van der Waals surface area contributed by atoms with E-state index >= 15 is 0 Å². The molecule has 6 nitrogen and oxygen atoms in total. The zero-order valence-corrected chi connectivity index (χ0v) is 19.9. The third-order valence-electron chi connectivity index (χ3n) is 6.27. The van der Waals surface area contributed by atoms with Gasteiger partial charge in [-0.25, -0.2) is 4.79 Å². The van der Waals surface area contributed by atoms with Crippen molar-refractivity contribution in [1.82, 2.24) is 20.4 Å². The van der Waals surface area contributed by atoms with Crippen LogP contribution < -0.4 is 5.32 Å². The van der Waals surface area contributed by atoms with Gasteiger partial charge in [0.2, 0.25) is 5.82 Å². The fraction of sp³-hybridized carbons (Fsp3) is 0.370. The number of rotatable bonds is 8. The third-order valence-corrected chi connectivity index (χ3v) is 6.27. The molecule has 6 heteroatoms. The fourth-order valence-corrected chi connectivity index (χ4v) is 4.20. The number of benzene rings is 2. The molecule has 2 aromatic carbocycles. The van der Waals surface area contributed by atoms with E-state index in [1.165, 1.54) is 11.1 Å². The second-order valence-corrected chi connectivity index (χ2v) is 8.62. The standard InChI is InChI=1S/C27H32N4O2/c1-5-7-8-17-31-19(4)23(24(28-27(31)32)21-13-9-18(3)10-14-21)26-29-25(30-33-26)22-15-11-20(6-2)12-16-22/h9-16,24H,5-8,17H2,1-4H3,(H,28,32). The molecule has 0 radical (unpaired) electrons. The molecule has 0 spiro atoms. The minimum absolute atomic E-state index is 0.0900. The number of aryl methyl sites for hydroxylation is 2. The van der Waals surface area contributed by atoms with Gasteiger partial charge in [0.25, 0.3) is 5.89 Å². The number of unbranched alkanes of at least 4 members (excludes halogenated alkanes) is 2. The molecule has 1 N–H and O–H groups in total. The number of aromatic nitrogens is 2. The highest BCUT2D eigenvalue weighted by Crippen LogP contribution is 2.37. The van der Waals surface area contributed by atoms with Gasteiger partial charge < -0.3 is 9.84 Å². The van der Waals surface area contributed by atoms with E-state index < -0.39 is 0 Å². The Morgan fingerprint density at radius 2 is 1.73 bits per heavy atom. The van der Waals surface area contributed by atoms with Crippen molar-refractivity contribution >= 4 is 11.6 Å². The van der Waals surface area contributed by atoms with Crippen molar-refractivity contribution in [3.63, 3.8) is 0 Å². The first kappa shape index (κ1) is 22.8. The zero-order valence-electron chi connectivity index (χ0n) is 19.9. The van der Waals surface area contributed by atoms with Gasteiger partial charge in [-0.1, -0.05) is 85.9 Å². The predicted octanol–water partition coefficient (Wildman–Crippen LogP) is 6.30. The Labute approximate surface area is 195 Å². The van der Waals surface area contributed by atoms with Crippen molar-refractivity contribution in [3.05, 3.63) is 76.8 Å². The Bertz CT molecular complexity index is 1130. The molecule has 2 amide bonds. The van der Waals surface area contributed by atoms with Crippen LogP contribution in [0.25, 0.3) is 17.0 Å². The minimum atomic E-state index is -0.351. The van der Waals surface area contributed by atoms with Crippen molar-refractivity contribution < 1.29 is 9.32 Å². The lowest BCUT2D eigenvalue weighted by atomic mass is 9.94. The van der Waals surface area contributed by atoms with Crippen LogP contribution in [0.1, 0.15) is 68.7 Å². The van der Waals surface area contributed by atoms with Crippen LogP contribution in [-0.2, 0) is 6.42 Å². The zero-order chi connectivity index (χ0) is 23.4. The Morgan fingerprint density at radius 1 is 1.00 bits per heavy atom. The summed E-state index contributed by atoms with van der Waals surface area (Å²) in [5.74, 6) is 0.984. The van der Waals surface area contributed by atoms with Crippen LogP contribution in [-0.4, -0.2) is 27.6 Å². The molecule has 0 saturated carbocycles. The van der Waals surface area contributed by atoms with Gasteiger partial charge in [-0.3, -0.25) is 4.90 Å².